The van der Waals surface area contributed by atoms with Crippen LogP contribution in [0.2, 0.25) is 0 Å². The van der Waals surface area contributed by atoms with Crippen molar-refractivity contribution in [1.29, 1.82) is 0 Å². The first-order valence-electron chi connectivity index (χ1n) is 9.96. The summed E-state index contributed by atoms with van der Waals surface area (Å²) in [4.78, 5) is 42.1. The van der Waals surface area contributed by atoms with Gasteiger partial charge in [-0.2, -0.15) is 0 Å². The summed E-state index contributed by atoms with van der Waals surface area (Å²) < 4.78 is 5.40. The van der Waals surface area contributed by atoms with Crippen LogP contribution in [0.15, 0.2) is 24.7 Å². The quantitative estimate of drug-likeness (QED) is 0.622. The molecule has 12 nitrogen and oxygen atoms in total. The number of morpholine rings is 1. The molecule has 2 fully saturated rings. The highest BCUT2D eigenvalue weighted by molar-refractivity contribution is 6.07. The van der Waals surface area contributed by atoms with Gasteiger partial charge in [0.05, 0.1) is 37.0 Å². The molecule has 0 spiro atoms. The fraction of sp³-hybridized carbons (Fsp3) is 0.421. The largest absolute Gasteiger partial charge is 0.465 e. The van der Waals surface area contributed by atoms with Gasteiger partial charge in [0.1, 0.15) is 5.82 Å². The lowest BCUT2D eigenvalue weighted by molar-refractivity contribution is 0.102. The number of pyridine rings is 1. The van der Waals surface area contributed by atoms with Crippen LogP contribution < -0.4 is 20.9 Å². The molecule has 0 aromatic carbocycles. The molecule has 2 saturated heterocycles. The Labute approximate surface area is 178 Å². The van der Waals surface area contributed by atoms with Gasteiger partial charge in [0, 0.05) is 45.5 Å². The second-order valence-electron chi connectivity index (χ2n) is 7.17. The summed E-state index contributed by atoms with van der Waals surface area (Å²) in [5, 5.41) is 11.9. The van der Waals surface area contributed by atoms with Crippen LogP contribution in [0.3, 0.4) is 0 Å². The number of nitrogens with zero attached hydrogens (tertiary/aromatic N) is 6. The highest BCUT2D eigenvalue weighted by atomic mass is 16.5. The molecule has 4 heterocycles. The van der Waals surface area contributed by atoms with Gasteiger partial charge in [-0.3, -0.25) is 9.78 Å². The van der Waals surface area contributed by atoms with E-state index in [4.69, 9.17) is 15.6 Å². The van der Waals surface area contributed by atoms with Crippen molar-refractivity contribution >= 4 is 35.0 Å². The SMILES string of the molecule is Nc1ncc(N2CCN(C(=O)O)CC2)nc1C(=O)Nc1cnccc1N1CCOCC1. The molecule has 12 heteroatoms. The summed E-state index contributed by atoms with van der Waals surface area (Å²) in [5.41, 5.74) is 7.34. The van der Waals surface area contributed by atoms with Gasteiger partial charge in [0.2, 0.25) is 0 Å². The zero-order valence-corrected chi connectivity index (χ0v) is 16.9. The van der Waals surface area contributed by atoms with E-state index in [2.05, 4.69) is 25.2 Å². The summed E-state index contributed by atoms with van der Waals surface area (Å²) in [6.45, 7) is 4.27. The van der Waals surface area contributed by atoms with Gasteiger partial charge in [-0.1, -0.05) is 0 Å². The number of hydrogen-bond acceptors (Lipinski definition) is 9. The van der Waals surface area contributed by atoms with E-state index in [1.165, 1.54) is 11.1 Å². The number of nitrogen functional groups attached to an aromatic ring is 1. The second-order valence-corrected chi connectivity index (χ2v) is 7.17. The smallest absolute Gasteiger partial charge is 0.407 e. The monoisotopic (exact) mass is 428 g/mol. The van der Waals surface area contributed by atoms with Crippen LogP contribution in [0.5, 0.6) is 0 Å². The van der Waals surface area contributed by atoms with Crippen molar-refractivity contribution in [3.8, 4) is 0 Å². The molecule has 164 valence electrons. The van der Waals surface area contributed by atoms with E-state index in [0.29, 0.717) is 64.0 Å². The van der Waals surface area contributed by atoms with Gasteiger partial charge in [0.15, 0.2) is 11.5 Å². The molecule has 0 radical (unpaired) electrons. The van der Waals surface area contributed by atoms with E-state index in [1.807, 2.05) is 11.0 Å². The standard InChI is InChI=1S/C19H24N8O4/c20-17-16(24-15(12-22-17)26-3-5-27(6-4-26)19(29)30)18(28)23-13-11-21-2-1-14(13)25-7-9-31-10-8-25/h1-2,11-12H,3-10H2,(H2,20,22)(H,23,28)(H,29,30). The number of carbonyl (C=O) groups is 2. The highest BCUT2D eigenvalue weighted by Gasteiger charge is 2.24. The van der Waals surface area contributed by atoms with Crippen molar-refractivity contribution in [3.63, 3.8) is 0 Å². The minimum Gasteiger partial charge on any atom is -0.465 e. The van der Waals surface area contributed by atoms with Crippen LogP contribution in [-0.4, -0.2) is 89.4 Å². The van der Waals surface area contributed by atoms with Crippen LogP contribution in [-0.2, 0) is 4.74 Å². The Balaban J connectivity index is 1.51. The predicted molar refractivity (Wildman–Crippen MR) is 113 cm³/mol. The molecule has 0 unspecified atom stereocenters. The summed E-state index contributed by atoms with van der Waals surface area (Å²) in [5.74, 6) is 0.00439. The molecule has 4 rings (SSSR count). The summed E-state index contributed by atoms with van der Waals surface area (Å²) >= 11 is 0. The third-order valence-corrected chi connectivity index (χ3v) is 5.28. The van der Waals surface area contributed by atoms with Crippen LogP contribution in [0, 0.1) is 0 Å². The number of anilines is 4. The van der Waals surface area contributed by atoms with Gasteiger partial charge < -0.3 is 35.6 Å². The maximum atomic E-state index is 13.0. The number of amides is 2. The van der Waals surface area contributed by atoms with E-state index >= 15 is 0 Å². The first kappa shape index (κ1) is 20.6. The minimum atomic E-state index is -0.948. The Morgan fingerprint density at radius 1 is 1.06 bits per heavy atom. The normalized spacial score (nSPS) is 16.8. The molecule has 0 saturated carbocycles. The summed E-state index contributed by atoms with van der Waals surface area (Å²) in [6.07, 6.45) is 3.80. The first-order valence-corrected chi connectivity index (χ1v) is 9.96. The molecule has 2 aromatic heterocycles. The van der Waals surface area contributed by atoms with E-state index in [0.717, 1.165) is 5.69 Å². The van der Waals surface area contributed by atoms with Gasteiger partial charge in [-0.15, -0.1) is 0 Å². The molecule has 4 N–H and O–H groups in total. The van der Waals surface area contributed by atoms with Crippen LogP contribution in [0.25, 0.3) is 0 Å². The zero-order chi connectivity index (χ0) is 21.8. The molecule has 31 heavy (non-hydrogen) atoms. The lowest BCUT2D eigenvalue weighted by atomic mass is 10.2. The van der Waals surface area contributed by atoms with Gasteiger partial charge >= 0.3 is 6.09 Å². The fourth-order valence-electron chi connectivity index (χ4n) is 3.58. The van der Waals surface area contributed by atoms with Crippen molar-refractivity contribution in [2.24, 2.45) is 0 Å². The topological polar surface area (TPSA) is 150 Å². The van der Waals surface area contributed by atoms with Crippen molar-refractivity contribution < 1.29 is 19.4 Å². The fourth-order valence-corrected chi connectivity index (χ4v) is 3.58. The lowest BCUT2D eigenvalue weighted by Crippen LogP contribution is -2.48. The van der Waals surface area contributed by atoms with Crippen molar-refractivity contribution in [3.05, 3.63) is 30.4 Å². The Morgan fingerprint density at radius 2 is 1.81 bits per heavy atom. The molecular weight excluding hydrogens is 404 g/mol. The summed E-state index contributed by atoms with van der Waals surface area (Å²) in [6, 6.07) is 1.84. The minimum absolute atomic E-state index is 0.00921. The number of aromatic nitrogens is 3. The Kier molecular flexibility index (Phi) is 5.98. The predicted octanol–water partition coefficient (Wildman–Crippen LogP) is 0.343. The number of nitrogens with two attached hydrogens (primary N) is 1. The van der Waals surface area contributed by atoms with Crippen LogP contribution in [0.4, 0.5) is 27.8 Å². The molecule has 0 atom stereocenters. The molecule has 0 bridgehead atoms. The second kappa shape index (κ2) is 9.00. The molecule has 2 aliphatic rings. The molecule has 2 aromatic rings. The maximum Gasteiger partial charge on any atom is 0.407 e. The Bertz CT molecular complexity index is 958. The van der Waals surface area contributed by atoms with E-state index in [1.54, 1.807) is 12.4 Å². The van der Waals surface area contributed by atoms with Crippen molar-refractivity contribution in [1.82, 2.24) is 19.9 Å². The van der Waals surface area contributed by atoms with Crippen molar-refractivity contribution in [2.75, 3.05) is 73.3 Å². The van der Waals surface area contributed by atoms with Crippen LogP contribution in [0.1, 0.15) is 10.5 Å². The van der Waals surface area contributed by atoms with E-state index < -0.39 is 12.0 Å². The molecule has 2 aliphatic heterocycles. The van der Waals surface area contributed by atoms with Crippen LogP contribution >= 0.6 is 0 Å². The van der Waals surface area contributed by atoms with Crippen molar-refractivity contribution in [2.45, 2.75) is 0 Å². The zero-order valence-electron chi connectivity index (χ0n) is 16.9. The number of carboxylic acid groups (broad SMARTS) is 1. The average molecular weight is 428 g/mol. The summed E-state index contributed by atoms with van der Waals surface area (Å²) in [7, 11) is 0. The lowest BCUT2D eigenvalue weighted by Gasteiger charge is -2.33. The molecule has 0 aliphatic carbocycles. The Hall–Kier alpha value is -3.67. The van der Waals surface area contributed by atoms with Gasteiger partial charge in [-0.25, -0.2) is 14.8 Å². The number of piperazine rings is 1. The number of hydrogen-bond donors (Lipinski definition) is 3. The maximum absolute atomic E-state index is 13.0. The molecular formula is C19H24N8O4. The Morgan fingerprint density at radius 3 is 2.52 bits per heavy atom. The molecule has 2 amide bonds. The highest BCUT2D eigenvalue weighted by Crippen LogP contribution is 2.26. The third-order valence-electron chi connectivity index (χ3n) is 5.28. The van der Waals surface area contributed by atoms with Gasteiger partial charge in [-0.05, 0) is 6.07 Å². The number of nitrogens with one attached hydrogen (secondary N) is 1. The average Bonchev–Trinajstić information content (AvgIpc) is 2.80. The first-order chi connectivity index (χ1) is 15.0. The number of rotatable bonds is 4. The third kappa shape index (κ3) is 4.58. The van der Waals surface area contributed by atoms with E-state index in [-0.39, 0.29) is 11.5 Å². The van der Waals surface area contributed by atoms with Gasteiger partial charge in [0.25, 0.3) is 5.91 Å². The number of carbonyl (C=O) groups excluding carboxylic acids is 1. The number of ether oxygens (including phenoxy) is 1. The van der Waals surface area contributed by atoms with E-state index in [9.17, 15) is 9.59 Å².